The number of H-pyrrole nitrogens is 1. The number of rotatable bonds is 9. The molecule has 0 radical (unpaired) electrons. The molecule has 9 heteroatoms. The fraction of sp³-hybridized carbons (Fsp3) is 0.500. The average Bonchev–Trinajstić information content (AvgIpc) is 3.21. The van der Waals surface area contributed by atoms with E-state index in [9.17, 15) is 18.3 Å². The highest BCUT2D eigenvalue weighted by atomic mass is 19.3. The quantitative estimate of drug-likeness (QED) is 0.336. The van der Waals surface area contributed by atoms with E-state index in [-0.39, 0.29) is 17.1 Å². The molecule has 200 valence electrons. The first-order valence-electron chi connectivity index (χ1n) is 13.0. The summed E-state index contributed by atoms with van der Waals surface area (Å²) in [6.45, 7) is 4.77. The van der Waals surface area contributed by atoms with Crippen LogP contribution in [0, 0.1) is 11.6 Å². The minimum absolute atomic E-state index is 0.234. The molecule has 0 bridgehead atoms. The molecule has 2 aromatic carbocycles. The number of nitrogens with zero attached hydrogens (tertiary/aromatic N) is 2. The number of aliphatic hydroxyl groups excluding tert-OH is 1. The SMILES string of the molecule is CCCCN1CC(Nc2ccc([C@@H]3c4[nH]c5c(F)cccc5c4C[C@@H](C)N3CC(F)(F)CO)c(F)c2)C1. The number of aromatic amines is 1. The van der Waals surface area contributed by atoms with Gasteiger partial charge in [0.05, 0.1) is 24.1 Å². The molecule has 1 aromatic heterocycles. The van der Waals surface area contributed by atoms with Crippen LogP contribution in [0.2, 0.25) is 0 Å². The Balaban J connectivity index is 1.48. The van der Waals surface area contributed by atoms with E-state index < -0.39 is 42.8 Å². The van der Waals surface area contributed by atoms with E-state index in [1.807, 2.05) is 0 Å². The molecule has 0 amide bonds. The number of aliphatic hydroxyl groups is 1. The molecule has 0 unspecified atom stereocenters. The number of halogens is 4. The zero-order chi connectivity index (χ0) is 26.3. The monoisotopic (exact) mass is 518 g/mol. The third-order valence-electron chi connectivity index (χ3n) is 7.69. The van der Waals surface area contributed by atoms with Gasteiger partial charge in [0.15, 0.2) is 0 Å². The van der Waals surface area contributed by atoms with Crippen molar-refractivity contribution in [3.8, 4) is 0 Å². The Morgan fingerprint density at radius 3 is 2.62 bits per heavy atom. The summed E-state index contributed by atoms with van der Waals surface area (Å²) in [5.41, 5.74) is 2.48. The van der Waals surface area contributed by atoms with Crippen molar-refractivity contribution < 1.29 is 22.7 Å². The van der Waals surface area contributed by atoms with Crippen LogP contribution < -0.4 is 5.32 Å². The number of para-hydroxylation sites is 1. The molecular weight excluding hydrogens is 484 g/mol. The summed E-state index contributed by atoms with van der Waals surface area (Å²) in [6.07, 6.45) is 2.70. The predicted octanol–water partition coefficient (Wildman–Crippen LogP) is 5.31. The van der Waals surface area contributed by atoms with Gasteiger partial charge in [-0.15, -0.1) is 0 Å². The normalized spacial score (nSPS) is 21.3. The highest BCUT2D eigenvalue weighted by molar-refractivity contribution is 5.86. The van der Waals surface area contributed by atoms with Crippen molar-refractivity contribution in [3.05, 3.63) is 64.9 Å². The average molecular weight is 519 g/mol. The number of anilines is 1. The molecule has 1 fully saturated rings. The van der Waals surface area contributed by atoms with Gasteiger partial charge in [-0.3, -0.25) is 9.80 Å². The Bertz CT molecular complexity index is 1260. The molecule has 0 saturated carbocycles. The number of hydrogen-bond acceptors (Lipinski definition) is 4. The van der Waals surface area contributed by atoms with E-state index in [0.717, 1.165) is 38.0 Å². The Labute approximate surface area is 214 Å². The highest BCUT2D eigenvalue weighted by Gasteiger charge is 2.42. The summed E-state index contributed by atoms with van der Waals surface area (Å²) in [5.74, 6) is -4.33. The zero-order valence-electron chi connectivity index (χ0n) is 21.2. The molecule has 2 aliphatic rings. The van der Waals surface area contributed by atoms with Crippen LogP contribution in [0.3, 0.4) is 0 Å². The maximum absolute atomic E-state index is 15.7. The second-order valence-electron chi connectivity index (χ2n) is 10.5. The summed E-state index contributed by atoms with van der Waals surface area (Å²) in [6, 6.07) is 8.52. The summed E-state index contributed by atoms with van der Waals surface area (Å²) < 4.78 is 59.2. The number of hydrogen-bond donors (Lipinski definition) is 3. The number of aromatic nitrogens is 1. The van der Waals surface area contributed by atoms with E-state index in [0.29, 0.717) is 23.2 Å². The molecule has 37 heavy (non-hydrogen) atoms. The molecular formula is C28H34F4N4O. The predicted molar refractivity (Wildman–Crippen MR) is 137 cm³/mol. The lowest BCUT2D eigenvalue weighted by Gasteiger charge is -2.42. The van der Waals surface area contributed by atoms with Crippen LogP contribution in [0.4, 0.5) is 23.2 Å². The maximum Gasteiger partial charge on any atom is 0.283 e. The standard InChI is InChI=1S/C28H34F4N4O/c1-3-4-10-35-13-19(14-35)33-18-8-9-21(24(30)12-18)27-26-22(20-6-5-7-23(29)25(20)34-26)11-17(2)36(27)15-28(31,32)16-37/h5-9,12,17,19,27,33-34,37H,3-4,10-11,13-16H2,1-2H3/t17-,27-/m1/s1. The van der Waals surface area contributed by atoms with Crippen LogP contribution in [0.1, 0.15) is 49.6 Å². The van der Waals surface area contributed by atoms with Gasteiger partial charge in [0.25, 0.3) is 5.92 Å². The van der Waals surface area contributed by atoms with Crippen molar-refractivity contribution in [2.75, 3.05) is 38.1 Å². The van der Waals surface area contributed by atoms with E-state index >= 15 is 4.39 Å². The third-order valence-corrected chi connectivity index (χ3v) is 7.69. The number of alkyl halides is 2. The van der Waals surface area contributed by atoms with E-state index in [1.54, 1.807) is 31.2 Å². The lowest BCUT2D eigenvalue weighted by Crippen LogP contribution is -2.54. The number of likely N-dealkylation sites (tertiary alicyclic amines) is 1. The Kier molecular flexibility index (Phi) is 7.22. The van der Waals surface area contributed by atoms with Gasteiger partial charge in [0.1, 0.15) is 18.2 Å². The fourth-order valence-corrected chi connectivity index (χ4v) is 5.74. The first-order chi connectivity index (χ1) is 17.7. The largest absolute Gasteiger partial charge is 0.390 e. The van der Waals surface area contributed by atoms with Gasteiger partial charge in [0.2, 0.25) is 0 Å². The van der Waals surface area contributed by atoms with Gasteiger partial charge in [0, 0.05) is 41.5 Å². The van der Waals surface area contributed by atoms with E-state index in [2.05, 4.69) is 22.1 Å². The van der Waals surface area contributed by atoms with Crippen LogP contribution >= 0.6 is 0 Å². The van der Waals surface area contributed by atoms with Gasteiger partial charge >= 0.3 is 0 Å². The molecule has 3 aromatic rings. The first-order valence-corrected chi connectivity index (χ1v) is 13.0. The van der Waals surface area contributed by atoms with E-state index in [4.69, 9.17) is 0 Å². The van der Waals surface area contributed by atoms with Crippen LogP contribution in [-0.2, 0) is 6.42 Å². The molecule has 3 heterocycles. The number of unbranched alkanes of at least 4 members (excludes halogenated alkanes) is 1. The minimum Gasteiger partial charge on any atom is -0.390 e. The fourth-order valence-electron chi connectivity index (χ4n) is 5.74. The summed E-state index contributed by atoms with van der Waals surface area (Å²) in [7, 11) is 0. The van der Waals surface area contributed by atoms with Crippen LogP contribution in [0.15, 0.2) is 36.4 Å². The summed E-state index contributed by atoms with van der Waals surface area (Å²) >= 11 is 0. The topological polar surface area (TPSA) is 54.5 Å². The van der Waals surface area contributed by atoms with Crippen molar-refractivity contribution >= 4 is 16.6 Å². The Morgan fingerprint density at radius 1 is 1.14 bits per heavy atom. The van der Waals surface area contributed by atoms with Crippen molar-refractivity contribution in [1.29, 1.82) is 0 Å². The molecule has 0 spiro atoms. The summed E-state index contributed by atoms with van der Waals surface area (Å²) in [5, 5.41) is 13.3. The molecule has 2 aliphatic heterocycles. The van der Waals surface area contributed by atoms with E-state index in [1.165, 1.54) is 17.0 Å². The number of nitrogens with one attached hydrogen (secondary N) is 2. The van der Waals surface area contributed by atoms with Crippen molar-refractivity contribution in [1.82, 2.24) is 14.8 Å². The molecule has 3 N–H and O–H groups in total. The van der Waals surface area contributed by atoms with Crippen LogP contribution in [0.25, 0.3) is 10.9 Å². The van der Waals surface area contributed by atoms with Crippen LogP contribution in [-0.4, -0.2) is 70.7 Å². The highest BCUT2D eigenvalue weighted by Crippen LogP contribution is 2.43. The van der Waals surface area contributed by atoms with Crippen molar-refractivity contribution in [2.45, 2.75) is 57.2 Å². The lowest BCUT2D eigenvalue weighted by atomic mass is 9.88. The zero-order valence-corrected chi connectivity index (χ0v) is 21.2. The van der Waals surface area contributed by atoms with Gasteiger partial charge in [-0.2, -0.15) is 0 Å². The summed E-state index contributed by atoms with van der Waals surface area (Å²) in [4.78, 5) is 6.95. The van der Waals surface area contributed by atoms with Crippen LogP contribution in [0.5, 0.6) is 0 Å². The number of fused-ring (bicyclic) bond motifs is 3. The molecule has 2 atom stereocenters. The third kappa shape index (κ3) is 5.09. The van der Waals surface area contributed by atoms with Gasteiger partial charge in [-0.05, 0) is 50.1 Å². The first kappa shape index (κ1) is 26.0. The second kappa shape index (κ2) is 10.3. The Morgan fingerprint density at radius 2 is 1.92 bits per heavy atom. The maximum atomic E-state index is 15.7. The van der Waals surface area contributed by atoms with Gasteiger partial charge in [-0.1, -0.05) is 31.5 Å². The molecule has 5 rings (SSSR count). The second-order valence-corrected chi connectivity index (χ2v) is 10.5. The van der Waals surface area contributed by atoms with Gasteiger partial charge < -0.3 is 15.4 Å². The molecule has 0 aliphatic carbocycles. The smallest absolute Gasteiger partial charge is 0.283 e. The van der Waals surface area contributed by atoms with Gasteiger partial charge in [-0.25, -0.2) is 17.6 Å². The minimum atomic E-state index is -3.37. The molecule has 1 saturated heterocycles. The van der Waals surface area contributed by atoms with Crippen molar-refractivity contribution in [2.24, 2.45) is 0 Å². The lowest BCUT2D eigenvalue weighted by molar-refractivity contribution is -0.0866. The van der Waals surface area contributed by atoms with Crippen molar-refractivity contribution in [3.63, 3.8) is 0 Å². The number of benzene rings is 2. The molecule has 5 nitrogen and oxygen atoms in total. The Hall–Kier alpha value is -2.62.